The van der Waals surface area contributed by atoms with E-state index in [-0.39, 0.29) is 11.9 Å². The molecule has 1 aromatic heterocycles. The van der Waals surface area contributed by atoms with Crippen LogP contribution in [0, 0.1) is 5.82 Å². The van der Waals surface area contributed by atoms with Gasteiger partial charge in [0.2, 0.25) is 0 Å². The molecule has 1 atom stereocenters. The van der Waals surface area contributed by atoms with Crippen molar-refractivity contribution in [1.82, 2.24) is 4.98 Å². The van der Waals surface area contributed by atoms with Crippen LogP contribution in [0.2, 0.25) is 0 Å². The van der Waals surface area contributed by atoms with Crippen LogP contribution in [0.15, 0.2) is 18.3 Å². The zero-order chi connectivity index (χ0) is 9.56. The van der Waals surface area contributed by atoms with Gasteiger partial charge in [0.15, 0.2) is 0 Å². The van der Waals surface area contributed by atoms with E-state index in [0.717, 1.165) is 0 Å². The zero-order valence-corrected chi connectivity index (χ0v) is 7.71. The molecule has 2 N–H and O–H groups in total. The molecule has 0 aliphatic heterocycles. The van der Waals surface area contributed by atoms with Crippen molar-refractivity contribution in [2.45, 2.75) is 26.8 Å². The molecule has 0 aromatic carbocycles. The smallest absolute Gasteiger partial charge is 0.141 e. The van der Waals surface area contributed by atoms with Crippen molar-refractivity contribution >= 4 is 0 Å². The summed E-state index contributed by atoms with van der Waals surface area (Å²) in [5, 5.41) is 0. The standard InChI is InChI=1S/C7H9FN2.C2H6/c1-5(9)7-3-2-6(8)4-10-7;1-2/h2-5H,9H2,1H3;1-2H3. The number of aromatic nitrogens is 1. The SMILES string of the molecule is CC.CC(N)c1ccc(F)cn1. The van der Waals surface area contributed by atoms with Crippen molar-refractivity contribution in [3.63, 3.8) is 0 Å². The normalized spacial score (nSPS) is 11.4. The van der Waals surface area contributed by atoms with Gasteiger partial charge in [-0.15, -0.1) is 0 Å². The van der Waals surface area contributed by atoms with Crippen molar-refractivity contribution in [1.29, 1.82) is 0 Å². The molecule has 12 heavy (non-hydrogen) atoms. The molecular formula is C9H15FN2. The summed E-state index contributed by atoms with van der Waals surface area (Å²) in [4.78, 5) is 3.78. The lowest BCUT2D eigenvalue weighted by atomic mass is 10.2. The van der Waals surface area contributed by atoms with Crippen molar-refractivity contribution < 1.29 is 4.39 Å². The molecule has 1 aromatic rings. The number of hydrogen-bond donors (Lipinski definition) is 1. The van der Waals surface area contributed by atoms with Crippen LogP contribution in [-0.2, 0) is 0 Å². The second kappa shape index (κ2) is 5.66. The first-order valence-corrected chi connectivity index (χ1v) is 4.07. The summed E-state index contributed by atoms with van der Waals surface area (Å²) in [6.45, 7) is 5.81. The predicted molar refractivity (Wildman–Crippen MR) is 48.1 cm³/mol. The third-order valence-electron chi connectivity index (χ3n) is 1.22. The molecule has 0 aliphatic rings. The molecule has 0 saturated heterocycles. The molecule has 0 aliphatic carbocycles. The molecule has 1 unspecified atom stereocenters. The van der Waals surface area contributed by atoms with E-state index in [1.54, 1.807) is 13.0 Å². The van der Waals surface area contributed by atoms with Gasteiger partial charge in [-0.3, -0.25) is 4.98 Å². The molecule has 2 nitrogen and oxygen atoms in total. The third kappa shape index (κ3) is 3.44. The maximum Gasteiger partial charge on any atom is 0.141 e. The molecule has 0 fully saturated rings. The monoisotopic (exact) mass is 170 g/mol. The number of halogens is 1. The van der Waals surface area contributed by atoms with E-state index in [1.807, 2.05) is 13.8 Å². The lowest BCUT2D eigenvalue weighted by Gasteiger charge is -2.01. The van der Waals surface area contributed by atoms with Crippen LogP contribution in [0.4, 0.5) is 4.39 Å². The first kappa shape index (κ1) is 11.0. The van der Waals surface area contributed by atoms with Crippen LogP contribution in [0.3, 0.4) is 0 Å². The fourth-order valence-corrected chi connectivity index (χ4v) is 0.657. The average Bonchev–Trinajstić information content (AvgIpc) is 2.09. The summed E-state index contributed by atoms with van der Waals surface area (Å²) in [5.74, 6) is -0.329. The van der Waals surface area contributed by atoms with Gasteiger partial charge in [0.05, 0.1) is 11.9 Å². The van der Waals surface area contributed by atoms with Gasteiger partial charge in [0.25, 0.3) is 0 Å². The Labute approximate surface area is 72.6 Å². The summed E-state index contributed by atoms with van der Waals surface area (Å²) in [5.41, 5.74) is 6.19. The summed E-state index contributed by atoms with van der Waals surface area (Å²) in [7, 11) is 0. The first-order chi connectivity index (χ1) is 5.70. The lowest BCUT2D eigenvalue weighted by molar-refractivity contribution is 0.616. The Bertz CT molecular complexity index is 206. The Kier molecular flexibility index (Phi) is 5.21. The highest BCUT2D eigenvalue weighted by Gasteiger charge is 1.98. The van der Waals surface area contributed by atoms with Gasteiger partial charge < -0.3 is 5.73 Å². The van der Waals surface area contributed by atoms with Gasteiger partial charge in [-0.2, -0.15) is 0 Å². The Morgan fingerprint density at radius 1 is 1.42 bits per heavy atom. The second-order valence-corrected chi connectivity index (χ2v) is 2.19. The van der Waals surface area contributed by atoms with Gasteiger partial charge in [0.1, 0.15) is 5.82 Å². The van der Waals surface area contributed by atoms with Gasteiger partial charge >= 0.3 is 0 Å². The summed E-state index contributed by atoms with van der Waals surface area (Å²) in [6, 6.07) is 2.81. The highest BCUT2D eigenvalue weighted by molar-refractivity contribution is 5.07. The molecule has 3 heteroatoms. The maximum atomic E-state index is 12.2. The van der Waals surface area contributed by atoms with Gasteiger partial charge in [-0.25, -0.2) is 4.39 Å². The maximum absolute atomic E-state index is 12.2. The highest BCUT2D eigenvalue weighted by Crippen LogP contribution is 2.04. The second-order valence-electron chi connectivity index (χ2n) is 2.19. The topological polar surface area (TPSA) is 38.9 Å². The van der Waals surface area contributed by atoms with E-state index in [4.69, 9.17) is 5.73 Å². The third-order valence-corrected chi connectivity index (χ3v) is 1.22. The van der Waals surface area contributed by atoms with Gasteiger partial charge in [-0.1, -0.05) is 13.8 Å². The van der Waals surface area contributed by atoms with Crippen LogP contribution in [-0.4, -0.2) is 4.98 Å². The molecular weight excluding hydrogens is 155 g/mol. The number of nitrogens with two attached hydrogens (primary N) is 1. The average molecular weight is 170 g/mol. The van der Waals surface area contributed by atoms with E-state index in [1.165, 1.54) is 12.3 Å². The van der Waals surface area contributed by atoms with Crippen molar-refractivity contribution in [2.75, 3.05) is 0 Å². The zero-order valence-electron chi connectivity index (χ0n) is 7.71. The largest absolute Gasteiger partial charge is 0.323 e. The Morgan fingerprint density at radius 3 is 2.33 bits per heavy atom. The molecule has 68 valence electrons. The fourth-order valence-electron chi connectivity index (χ4n) is 0.657. The van der Waals surface area contributed by atoms with E-state index < -0.39 is 0 Å². The Morgan fingerprint density at radius 2 is 2.00 bits per heavy atom. The lowest BCUT2D eigenvalue weighted by Crippen LogP contribution is -2.06. The number of pyridine rings is 1. The fraction of sp³-hybridized carbons (Fsp3) is 0.444. The molecule has 0 radical (unpaired) electrons. The van der Waals surface area contributed by atoms with E-state index in [0.29, 0.717) is 5.69 Å². The van der Waals surface area contributed by atoms with Crippen molar-refractivity contribution in [3.8, 4) is 0 Å². The summed E-state index contributed by atoms with van der Waals surface area (Å²) < 4.78 is 12.2. The van der Waals surface area contributed by atoms with Gasteiger partial charge in [0, 0.05) is 6.04 Å². The van der Waals surface area contributed by atoms with Crippen LogP contribution in [0.25, 0.3) is 0 Å². The van der Waals surface area contributed by atoms with Crippen molar-refractivity contribution in [2.24, 2.45) is 5.73 Å². The number of hydrogen-bond acceptors (Lipinski definition) is 2. The minimum absolute atomic E-state index is 0.124. The van der Waals surface area contributed by atoms with Crippen molar-refractivity contribution in [3.05, 3.63) is 29.8 Å². The van der Waals surface area contributed by atoms with Crippen LogP contribution < -0.4 is 5.73 Å². The molecule has 0 bridgehead atoms. The van der Waals surface area contributed by atoms with E-state index >= 15 is 0 Å². The van der Waals surface area contributed by atoms with Gasteiger partial charge in [-0.05, 0) is 19.1 Å². The molecule has 0 amide bonds. The molecule has 1 rings (SSSR count). The quantitative estimate of drug-likeness (QED) is 0.702. The Balaban J connectivity index is 0.000000561. The molecule has 0 saturated carbocycles. The number of rotatable bonds is 1. The minimum Gasteiger partial charge on any atom is -0.323 e. The van der Waals surface area contributed by atoms with Crippen LogP contribution in [0.5, 0.6) is 0 Å². The van der Waals surface area contributed by atoms with E-state index in [9.17, 15) is 4.39 Å². The summed E-state index contributed by atoms with van der Waals surface area (Å²) in [6.07, 6.45) is 1.17. The van der Waals surface area contributed by atoms with Crippen LogP contribution >= 0.6 is 0 Å². The minimum atomic E-state index is -0.329. The Hall–Kier alpha value is -0.960. The summed E-state index contributed by atoms with van der Waals surface area (Å²) >= 11 is 0. The first-order valence-electron chi connectivity index (χ1n) is 4.07. The van der Waals surface area contributed by atoms with Crippen LogP contribution in [0.1, 0.15) is 32.5 Å². The molecule has 0 spiro atoms. The highest BCUT2D eigenvalue weighted by atomic mass is 19.1. The number of nitrogens with zero attached hydrogens (tertiary/aromatic N) is 1. The molecule has 1 heterocycles. The predicted octanol–water partition coefficient (Wildman–Crippen LogP) is 2.27. The van der Waals surface area contributed by atoms with E-state index in [2.05, 4.69) is 4.98 Å².